The topological polar surface area (TPSA) is 44.9 Å². The number of fused-ring (bicyclic) bond motifs is 1. The van der Waals surface area contributed by atoms with Gasteiger partial charge < -0.3 is 14.6 Å². The third-order valence-electron chi connectivity index (χ3n) is 4.06. The number of pyridine rings is 1. The minimum Gasteiger partial charge on any atom is -0.351 e. The summed E-state index contributed by atoms with van der Waals surface area (Å²) in [4.78, 5) is 11.4. The molecule has 1 aliphatic heterocycles. The zero-order valence-corrected chi connectivity index (χ0v) is 14.7. The van der Waals surface area contributed by atoms with Crippen molar-refractivity contribution in [3.8, 4) is 0 Å². The molecule has 6 heteroatoms. The van der Waals surface area contributed by atoms with Crippen molar-refractivity contribution in [2.75, 3.05) is 20.1 Å². The summed E-state index contributed by atoms with van der Waals surface area (Å²) in [6.45, 7) is 5.16. The van der Waals surface area contributed by atoms with Crippen LogP contribution in [0.15, 0.2) is 34.0 Å². The van der Waals surface area contributed by atoms with Gasteiger partial charge in [0.05, 0.1) is 12.2 Å². The Labute approximate surface area is 139 Å². The number of likely N-dealkylation sites (tertiary alicyclic amines) is 1. The first-order valence-corrected chi connectivity index (χ1v) is 8.54. The van der Waals surface area contributed by atoms with Gasteiger partial charge in [-0.3, -0.25) is 4.99 Å². The summed E-state index contributed by atoms with van der Waals surface area (Å²) in [6.07, 6.45) is 6.63. The van der Waals surface area contributed by atoms with Gasteiger partial charge in [0.15, 0.2) is 5.96 Å². The molecule has 0 aliphatic carbocycles. The molecule has 2 aromatic heterocycles. The Balaban J connectivity index is 1.66. The molecule has 1 aliphatic rings. The summed E-state index contributed by atoms with van der Waals surface area (Å²) in [7, 11) is 1.85. The first-order valence-electron chi connectivity index (χ1n) is 7.74. The van der Waals surface area contributed by atoms with E-state index in [9.17, 15) is 0 Å². The number of aromatic nitrogens is 2. The highest BCUT2D eigenvalue weighted by molar-refractivity contribution is 9.10. The van der Waals surface area contributed by atoms with Crippen LogP contribution in [0.5, 0.6) is 0 Å². The molecule has 0 saturated carbocycles. The summed E-state index contributed by atoms with van der Waals surface area (Å²) in [5.74, 6) is 1.71. The normalized spacial score (nSPS) is 19.7. The largest absolute Gasteiger partial charge is 0.351 e. The van der Waals surface area contributed by atoms with Crippen LogP contribution in [0.3, 0.4) is 0 Å². The molecular weight excluding hydrogens is 342 g/mol. The lowest BCUT2D eigenvalue weighted by Crippen LogP contribution is -2.45. The number of piperidine rings is 1. The Morgan fingerprint density at radius 2 is 2.32 bits per heavy atom. The van der Waals surface area contributed by atoms with Gasteiger partial charge in [0, 0.05) is 37.0 Å². The van der Waals surface area contributed by atoms with Gasteiger partial charge in [-0.2, -0.15) is 0 Å². The van der Waals surface area contributed by atoms with Crippen molar-refractivity contribution in [1.29, 1.82) is 0 Å². The fourth-order valence-electron chi connectivity index (χ4n) is 2.99. The van der Waals surface area contributed by atoms with Crippen molar-refractivity contribution >= 4 is 27.5 Å². The van der Waals surface area contributed by atoms with Crippen molar-refractivity contribution in [3.05, 3.63) is 34.7 Å². The molecule has 0 aromatic carbocycles. The average molecular weight is 364 g/mol. The number of hydrogen-bond acceptors (Lipinski definition) is 2. The van der Waals surface area contributed by atoms with Gasteiger partial charge >= 0.3 is 0 Å². The molecule has 3 rings (SSSR count). The number of imidazole rings is 1. The van der Waals surface area contributed by atoms with Crippen LogP contribution in [0.2, 0.25) is 0 Å². The standard InChI is InChI=1S/C16H22BrN5/c1-12-4-3-7-21(9-12)16(18-2)19-8-14-11-22-10-13(17)5-6-15(22)20-14/h5-6,10-12H,3-4,7-9H2,1-2H3,(H,18,19). The second-order valence-corrected chi connectivity index (χ2v) is 6.85. The number of rotatable bonds is 2. The second-order valence-electron chi connectivity index (χ2n) is 5.94. The Kier molecular flexibility index (Phi) is 4.66. The molecule has 5 nitrogen and oxygen atoms in total. The van der Waals surface area contributed by atoms with Crippen molar-refractivity contribution in [3.63, 3.8) is 0 Å². The smallest absolute Gasteiger partial charge is 0.193 e. The molecule has 3 heterocycles. The number of nitrogens with zero attached hydrogens (tertiary/aromatic N) is 4. The maximum absolute atomic E-state index is 4.63. The van der Waals surface area contributed by atoms with Gasteiger partial charge in [0.25, 0.3) is 0 Å². The van der Waals surface area contributed by atoms with Crippen molar-refractivity contribution in [2.45, 2.75) is 26.3 Å². The molecule has 2 aromatic rings. The van der Waals surface area contributed by atoms with Gasteiger partial charge in [0.1, 0.15) is 5.65 Å². The molecule has 1 unspecified atom stereocenters. The van der Waals surface area contributed by atoms with E-state index in [1.807, 2.05) is 29.8 Å². The summed E-state index contributed by atoms with van der Waals surface area (Å²) in [5, 5.41) is 3.44. The Bertz CT molecular complexity index is 678. The van der Waals surface area contributed by atoms with Crippen LogP contribution in [0.25, 0.3) is 5.65 Å². The van der Waals surface area contributed by atoms with Crippen LogP contribution in [0.1, 0.15) is 25.5 Å². The van der Waals surface area contributed by atoms with E-state index in [1.165, 1.54) is 12.8 Å². The zero-order valence-electron chi connectivity index (χ0n) is 13.1. The highest BCUT2D eigenvalue weighted by Crippen LogP contribution is 2.16. The average Bonchev–Trinajstić information content (AvgIpc) is 2.90. The van der Waals surface area contributed by atoms with Crippen LogP contribution in [0, 0.1) is 5.92 Å². The van der Waals surface area contributed by atoms with Crippen LogP contribution < -0.4 is 5.32 Å². The van der Waals surface area contributed by atoms with Crippen molar-refractivity contribution in [2.24, 2.45) is 10.9 Å². The second kappa shape index (κ2) is 6.69. The fourth-order valence-corrected chi connectivity index (χ4v) is 3.34. The van der Waals surface area contributed by atoms with Crippen molar-refractivity contribution < 1.29 is 0 Å². The Hall–Kier alpha value is -1.56. The Morgan fingerprint density at radius 1 is 1.45 bits per heavy atom. The SMILES string of the molecule is CN=C(NCc1cn2cc(Br)ccc2n1)N1CCCC(C)C1. The number of halogens is 1. The third-order valence-corrected chi connectivity index (χ3v) is 4.53. The maximum atomic E-state index is 4.63. The predicted octanol–water partition coefficient (Wildman–Crippen LogP) is 2.90. The summed E-state index contributed by atoms with van der Waals surface area (Å²) >= 11 is 3.48. The highest BCUT2D eigenvalue weighted by Gasteiger charge is 2.19. The van der Waals surface area contributed by atoms with E-state index in [4.69, 9.17) is 0 Å². The van der Waals surface area contributed by atoms with Crippen LogP contribution in [0.4, 0.5) is 0 Å². The predicted molar refractivity (Wildman–Crippen MR) is 93.1 cm³/mol. The summed E-state index contributed by atoms with van der Waals surface area (Å²) in [5.41, 5.74) is 1.98. The molecule has 0 bridgehead atoms. The molecule has 22 heavy (non-hydrogen) atoms. The van der Waals surface area contributed by atoms with Gasteiger partial charge in [-0.15, -0.1) is 0 Å². The lowest BCUT2D eigenvalue weighted by atomic mass is 10.0. The molecule has 0 radical (unpaired) electrons. The van der Waals surface area contributed by atoms with E-state index in [-0.39, 0.29) is 0 Å². The minimum absolute atomic E-state index is 0.691. The molecule has 1 saturated heterocycles. The number of nitrogens with one attached hydrogen (secondary N) is 1. The fraction of sp³-hybridized carbons (Fsp3) is 0.500. The Morgan fingerprint density at radius 3 is 3.09 bits per heavy atom. The number of guanidine groups is 1. The van der Waals surface area contributed by atoms with Gasteiger partial charge in [-0.1, -0.05) is 6.92 Å². The molecule has 0 spiro atoms. The third kappa shape index (κ3) is 3.43. The molecule has 118 valence electrons. The maximum Gasteiger partial charge on any atom is 0.193 e. The van der Waals surface area contributed by atoms with Crippen LogP contribution in [-0.4, -0.2) is 40.4 Å². The minimum atomic E-state index is 0.691. The van der Waals surface area contributed by atoms with E-state index >= 15 is 0 Å². The molecular formula is C16H22BrN5. The van der Waals surface area contributed by atoms with Crippen molar-refractivity contribution in [1.82, 2.24) is 19.6 Å². The molecule has 0 amide bonds. The van der Waals surface area contributed by atoms with E-state index in [1.54, 1.807) is 0 Å². The first-order chi connectivity index (χ1) is 10.7. The number of aliphatic imine (C=N–C) groups is 1. The van der Waals surface area contributed by atoms with Crippen LogP contribution >= 0.6 is 15.9 Å². The summed E-state index contributed by atoms with van der Waals surface area (Å²) < 4.78 is 3.09. The first kappa shape index (κ1) is 15.3. The quantitative estimate of drug-likeness (QED) is 0.658. The monoisotopic (exact) mass is 363 g/mol. The van der Waals surface area contributed by atoms with E-state index in [2.05, 4.69) is 49.2 Å². The van der Waals surface area contributed by atoms with E-state index < -0.39 is 0 Å². The molecule has 1 N–H and O–H groups in total. The van der Waals surface area contributed by atoms with E-state index in [0.717, 1.165) is 40.8 Å². The zero-order chi connectivity index (χ0) is 15.5. The van der Waals surface area contributed by atoms with Gasteiger partial charge in [-0.25, -0.2) is 4.98 Å². The van der Waals surface area contributed by atoms with Gasteiger partial charge in [0.2, 0.25) is 0 Å². The van der Waals surface area contributed by atoms with Crippen LogP contribution in [-0.2, 0) is 6.54 Å². The van der Waals surface area contributed by atoms with Gasteiger partial charge in [-0.05, 0) is 46.8 Å². The summed E-state index contributed by atoms with van der Waals surface area (Å²) in [6, 6.07) is 4.02. The molecule has 1 fully saturated rings. The molecule has 1 atom stereocenters. The lowest BCUT2D eigenvalue weighted by Gasteiger charge is -2.33. The van der Waals surface area contributed by atoms with E-state index in [0.29, 0.717) is 6.54 Å². The lowest BCUT2D eigenvalue weighted by molar-refractivity contribution is 0.266. The highest BCUT2D eigenvalue weighted by atomic mass is 79.9. The number of hydrogen-bond donors (Lipinski definition) is 1.